The summed E-state index contributed by atoms with van der Waals surface area (Å²) in [6.45, 7) is 1.89. The van der Waals surface area contributed by atoms with E-state index in [2.05, 4.69) is 0 Å². The summed E-state index contributed by atoms with van der Waals surface area (Å²) < 4.78 is 49.4. The van der Waals surface area contributed by atoms with E-state index in [0.29, 0.717) is 12.2 Å². The molecule has 0 spiro atoms. The monoisotopic (exact) mass is 293 g/mol. The van der Waals surface area contributed by atoms with Gasteiger partial charge >= 0.3 is 6.18 Å². The van der Waals surface area contributed by atoms with E-state index in [-0.39, 0.29) is 10.9 Å². The molecule has 0 saturated carbocycles. The first-order valence-corrected chi connectivity index (χ1v) is 7.44. The van der Waals surface area contributed by atoms with Crippen LogP contribution in [-0.4, -0.2) is 16.0 Å². The van der Waals surface area contributed by atoms with Gasteiger partial charge in [-0.1, -0.05) is 12.5 Å². The van der Waals surface area contributed by atoms with E-state index in [1.807, 2.05) is 6.92 Å². The Bertz CT molecular complexity index is 432. The zero-order valence-corrected chi connectivity index (χ0v) is 11.6. The standard InChI is InChI=1S/C13H18F3NOS/c1-10(17)5-2-3-8-19(18)12-7-4-6-11(9-12)13(14,15)16/h4,6-7,9-10H,2-3,5,8,17H2,1H3. The molecule has 2 unspecified atom stereocenters. The lowest BCUT2D eigenvalue weighted by molar-refractivity contribution is -0.137. The summed E-state index contributed by atoms with van der Waals surface area (Å²) in [5.41, 5.74) is 4.83. The first-order valence-electron chi connectivity index (χ1n) is 6.12. The fraction of sp³-hybridized carbons (Fsp3) is 0.538. The molecule has 0 aliphatic heterocycles. The number of rotatable bonds is 6. The molecule has 0 aliphatic carbocycles. The van der Waals surface area contributed by atoms with Crippen molar-refractivity contribution in [2.45, 2.75) is 43.3 Å². The van der Waals surface area contributed by atoms with Gasteiger partial charge in [0.05, 0.1) is 16.4 Å². The van der Waals surface area contributed by atoms with Crippen LogP contribution in [0.1, 0.15) is 31.7 Å². The molecule has 0 aromatic heterocycles. The van der Waals surface area contributed by atoms with E-state index >= 15 is 0 Å². The maximum Gasteiger partial charge on any atom is 0.416 e. The summed E-state index contributed by atoms with van der Waals surface area (Å²) in [5, 5.41) is 0. The van der Waals surface area contributed by atoms with Crippen LogP contribution >= 0.6 is 0 Å². The molecular formula is C13H18F3NOS. The largest absolute Gasteiger partial charge is 0.416 e. The zero-order chi connectivity index (χ0) is 14.5. The average molecular weight is 293 g/mol. The van der Waals surface area contributed by atoms with Crippen molar-refractivity contribution >= 4 is 10.8 Å². The van der Waals surface area contributed by atoms with Gasteiger partial charge in [-0.15, -0.1) is 0 Å². The van der Waals surface area contributed by atoms with E-state index in [9.17, 15) is 17.4 Å². The second-order valence-corrected chi connectivity index (χ2v) is 6.12. The highest BCUT2D eigenvalue weighted by Crippen LogP contribution is 2.30. The molecule has 0 saturated heterocycles. The van der Waals surface area contributed by atoms with Crippen LogP contribution in [0.25, 0.3) is 0 Å². The molecule has 0 heterocycles. The molecule has 0 amide bonds. The second-order valence-electron chi connectivity index (χ2n) is 4.55. The number of benzene rings is 1. The van der Waals surface area contributed by atoms with Crippen molar-refractivity contribution < 1.29 is 17.4 Å². The smallest absolute Gasteiger partial charge is 0.328 e. The van der Waals surface area contributed by atoms with Crippen LogP contribution < -0.4 is 5.73 Å². The summed E-state index contributed by atoms with van der Waals surface area (Å²) in [6, 6.07) is 4.80. The molecular weight excluding hydrogens is 275 g/mol. The van der Waals surface area contributed by atoms with Crippen LogP contribution in [0.2, 0.25) is 0 Å². The van der Waals surface area contributed by atoms with Gasteiger partial charge in [-0.2, -0.15) is 13.2 Å². The van der Waals surface area contributed by atoms with E-state index in [1.54, 1.807) is 0 Å². The maximum atomic E-state index is 12.5. The normalized spacial score (nSPS) is 15.2. The lowest BCUT2D eigenvalue weighted by Crippen LogP contribution is -2.14. The number of unbranched alkanes of at least 4 members (excludes halogenated alkanes) is 1. The van der Waals surface area contributed by atoms with Crippen molar-refractivity contribution in [2.24, 2.45) is 5.73 Å². The average Bonchev–Trinajstić information content (AvgIpc) is 2.33. The molecule has 1 aromatic rings. The molecule has 0 fully saturated rings. The van der Waals surface area contributed by atoms with E-state index in [4.69, 9.17) is 5.73 Å². The van der Waals surface area contributed by atoms with Gasteiger partial charge in [-0.3, -0.25) is 4.21 Å². The quantitative estimate of drug-likeness (QED) is 0.818. The van der Waals surface area contributed by atoms with Crippen molar-refractivity contribution in [3.05, 3.63) is 29.8 Å². The van der Waals surface area contributed by atoms with Gasteiger partial charge in [0.15, 0.2) is 0 Å². The van der Waals surface area contributed by atoms with Crippen molar-refractivity contribution in [3.8, 4) is 0 Å². The summed E-state index contributed by atoms with van der Waals surface area (Å²) in [4.78, 5) is 0.232. The summed E-state index contributed by atoms with van der Waals surface area (Å²) in [6.07, 6.45) is -2.03. The van der Waals surface area contributed by atoms with Gasteiger partial charge in [0.2, 0.25) is 0 Å². The van der Waals surface area contributed by atoms with Crippen LogP contribution in [0.15, 0.2) is 29.2 Å². The molecule has 2 nitrogen and oxygen atoms in total. The van der Waals surface area contributed by atoms with Crippen LogP contribution in [0.3, 0.4) is 0 Å². The van der Waals surface area contributed by atoms with Crippen LogP contribution in [0, 0.1) is 0 Å². The molecule has 2 N–H and O–H groups in total. The van der Waals surface area contributed by atoms with Crippen molar-refractivity contribution in [1.82, 2.24) is 0 Å². The Morgan fingerprint density at radius 3 is 2.58 bits per heavy atom. The molecule has 1 aromatic carbocycles. The number of hydrogen-bond acceptors (Lipinski definition) is 2. The first kappa shape index (κ1) is 16.2. The molecule has 108 valence electrons. The Morgan fingerprint density at radius 1 is 1.32 bits per heavy atom. The number of alkyl halides is 3. The van der Waals surface area contributed by atoms with Crippen LogP contribution in [0.4, 0.5) is 13.2 Å². The van der Waals surface area contributed by atoms with Crippen LogP contribution in [-0.2, 0) is 17.0 Å². The molecule has 0 bridgehead atoms. The van der Waals surface area contributed by atoms with Gasteiger partial charge in [-0.25, -0.2) is 0 Å². The van der Waals surface area contributed by atoms with Gasteiger partial charge in [0, 0.05) is 16.7 Å². The fourth-order valence-corrected chi connectivity index (χ4v) is 2.82. The predicted octanol–water partition coefficient (Wildman–Crippen LogP) is 3.33. The van der Waals surface area contributed by atoms with Gasteiger partial charge in [0.1, 0.15) is 0 Å². The number of nitrogens with two attached hydrogens (primary N) is 1. The second kappa shape index (κ2) is 7.05. The Labute approximate surface area is 113 Å². The maximum absolute atomic E-state index is 12.5. The van der Waals surface area contributed by atoms with E-state index in [1.165, 1.54) is 12.1 Å². The van der Waals surface area contributed by atoms with Crippen molar-refractivity contribution in [1.29, 1.82) is 0 Å². The third kappa shape index (κ3) is 5.74. The Balaban J connectivity index is 2.58. The zero-order valence-electron chi connectivity index (χ0n) is 10.7. The SMILES string of the molecule is CC(N)CCCCS(=O)c1cccc(C(F)(F)F)c1. The van der Waals surface area contributed by atoms with Gasteiger partial charge in [0.25, 0.3) is 0 Å². The van der Waals surface area contributed by atoms with Crippen molar-refractivity contribution in [3.63, 3.8) is 0 Å². The molecule has 0 aliphatic rings. The summed E-state index contributed by atoms with van der Waals surface area (Å²) in [7, 11) is -1.38. The van der Waals surface area contributed by atoms with Gasteiger partial charge < -0.3 is 5.73 Å². The van der Waals surface area contributed by atoms with Crippen molar-refractivity contribution in [2.75, 3.05) is 5.75 Å². The fourth-order valence-electron chi connectivity index (χ4n) is 1.63. The highest BCUT2D eigenvalue weighted by Gasteiger charge is 2.30. The Hall–Kier alpha value is -0.880. The lowest BCUT2D eigenvalue weighted by Gasteiger charge is -2.09. The van der Waals surface area contributed by atoms with E-state index in [0.717, 1.165) is 25.0 Å². The molecule has 1 rings (SSSR count). The number of halogens is 3. The predicted molar refractivity (Wildman–Crippen MR) is 70.2 cm³/mol. The van der Waals surface area contributed by atoms with Crippen LogP contribution in [0.5, 0.6) is 0 Å². The molecule has 2 atom stereocenters. The third-order valence-electron chi connectivity index (χ3n) is 2.66. The topological polar surface area (TPSA) is 43.1 Å². The summed E-state index contributed by atoms with van der Waals surface area (Å²) in [5.74, 6) is 0.369. The first-order chi connectivity index (χ1) is 8.80. The highest BCUT2D eigenvalue weighted by molar-refractivity contribution is 7.85. The Morgan fingerprint density at radius 2 is 2.00 bits per heavy atom. The minimum Gasteiger partial charge on any atom is -0.328 e. The van der Waals surface area contributed by atoms with E-state index < -0.39 is 22.5 Å². The summed E-state index contributed by atoms with van der Waals surface area (Å²) >= 11 is 0. The minimum atomic E-state index is -4.39. The lowest BCUT2D eigenvalue weighted by atomic mass is 10.2. The number of hydrogen-bond donors (Lipinski definition) is 1. The Kier molecular flexibility index (Phi) is 6.00. The highest BCUT2D eigenvalue weighted by atomic mass is 32.2. The molecule has 0 radical (unpaired) electrons. The van der Waals surface area contributed by atoms with Gasteiger partial charge in [-0.05, 0) is 38.0 Å². The third-order valence-corrected chi connectivity index (χ3v) is 4.10. The minimum absolute atomic E-state index is 0.0991. The molecule has 19 heavy (non-hydrogen) atoms. The molecule has 6 heteroatoms.